The molecule has 3 heterocycles. The lowest BCUT2D eigenvalue weighted by Crippen LogP contribution is -2.15. The van der Waals surface area contributed by atoms with Crippen molar-refractivity contribution in [1.29, 1.82) is 0 Å². The van der Waals surface area contributed by atoms with Crippen LogP contribution in [0.15, 0.2) is 47.2 Å². The SMILES string of the molecule is c1coc(CNc2cnnc(Nc3ccc4c(c3)OCCO4)n2)c1. The molecule has 0 radical (unpaired) electrons. The van der Waals surface area contributed by atoms with E-state index in [2.05, 4.69) is 25.8 Å². The first-order valence-electron chi connectivity index (χ1n) is 7.49. The van der Waals surface area contributed by atoms with Gasteiger partial charge in [0.05, 0.1) is 19.0 Å². The molecule has 0 unspecified atom stereocenters. The molecule has 0 amide bonds. The van der Waals surface area contributed by atoms with Crippen LogP contribution in [0.3, 0.4) is 0 Å². The summed E-state index contributed by atoms with van der Waals surface area (Å²) in [5, 5.41) is 14.2. The van der Waals surface area contributed by atoms with Gasteiger partial charge >= 0.3 is 0 Å². The Hall–Kier alpha value is -3.29. The molecule has 0 fully saturated rings. The van der Waals surface area contributed by atoms with Crippen molar-refractivity contribution in [3.05, 3.63) is 48.6 Å². The minimum Gasteiger partial charge on any atom is -0.486 e. The minimum atomic E-state index is 0.385. The number of hydrogen-bond donors (Lipinski definition) is 2. The van der Waals surface area contributed by atoms with Gasteiger partial charge in [0, 0.05) is 11.8 Å². The molecule has 4 rings (SSSR count). The Bertz CT molecular complexity index is 822. The predicted octanol–water partition coefficient (Wildman–Crippen LogP) is 2.59. The highest BCUT2D eigenvalue weighted by atomic mass is 16.6. The molecular weight excluding hydrogens is 310 g/mol. The smallest absolute Gasteiger partial charge is 0.249 e. The standard InChI is InChI=1S/C16H15N5O3/c1-2-12(22-5-1)9-17-15-10-18-21-16(20-15)19-11-3-4-13-14(8-11)24-7-6-23-13/h1-5,8,10H,6-7,9H2,(H2,17,19,20,21). The summed E-state index contributed by atoms with van der Waals surface area (Å²) < 4.78 is 16.3. The van der Waals surface area contributed by atoms with Crippen molar-refractivity contribution in [2.45, 2.75) is 6.54 Å². The zero-order valence-corrected chi connectivity index (χ0v) is 12.7. The molecule has 0 aliphatic carbocycles. The lowest BCUT2D eigenvalue weighted by molar-refractivity contribution is 0.171. The van der Waals surface area contributed by atoms with Gasteiger partial charge < -0.3 is 24.5 Å². The lowest BCUT2D eigenvalue weighted by Gasteiger charge is -2.18. The van der Waals surface area contributed by atoms with E-state index in [1.165, 1.54) is 0 Å². The Kier molecular flexibility index (Phi) is 3.85. The van der Waals surface area contributed by atoms with Gasteiger partial charge in [-0.05, 0) is 24.3 Å². The van der Waals surface area contributed by atoms with E-state index in [-0.39, 0.29) is 0 Å². The number of anilines is 3. The molecule has 8 heteroatoms. The van der Waals surface area contributed by atoms with Crippen LogP contribution < -0.4 is 20.1 Å². The van der Waals surface area contributed by atoms with Crippen LogP contribution in [0.2, 0.25) is 0 Å². The van der Waals surface area contributed by atoms with E-state index < -0.39 is 0 Å². The van der Waals surface area contributed by atoms with Crippen molar-refractivity contribution >= 4 is 17.5 Å². The zero-order chi connectivity index (χ0) is 16.2. The van der Waals surface area contributed by atoms with Crippen LogP contribution in [0.4, 0.5) is 17.5 Å². The van der Waals surface area contributed by atoms with Crippen molar-refractivity contribution in [3.8, 4) is 11.5 Å². The number of hydrogen-bond acceptors (Lipinski definition) is 8. The highest BCUT2D eigenvalue weighted by Crippen LogP contribution is 2.33. The molecule has 0 saturated heterocycles. The molecule has 0 atom stereocenters. The largest absolute Gasteiger partial charge is 0.486 e. The van der Waals surface area contributed by atoms with Crippen LogP contribution in [0.5, 0.6) is 11.5 Å². The highest BCUT2D eigenvalue weighted by Gasteiger charge is 2.12. The van der Waals surface area contributed by atoms with Crippen LogP contribution in [0.1, 0.15) is 5.76 Å². The summed E-state index contributed by atoms with van der Waals surface area (Å²) in [5.41, 5.74) is 0.796. The number of nitrogens with zero attached hydrogens (tertiary/aromatic N) is 3. The highest BCUT2D eigenvalue weighted by molar-refractivity contribution is 5.60. The number of ether oxygens (including phenoxy) is 2. The summed E-state index contributed by atoms with van der Waals surface area (Å²) in [6.45, 7) is 1.63. The monoisotopic (exact) mass is 325 g/mol. The molecule has 8 nitrogen and oxygen atoms in total. The maximum atomic E-state index is 5.56. The Morgan fingerprint density at radius 3 is 2.88 bits per heavy atom. The second-order valence-electron chi connectivity index (χ2n) is 5.08. The van der Waals surface area contributed by atoms with Crippen molar-refractivity contribution in [1.82, 2.24) is 15.2 Å². The molecule has 0 saturated carbocycles. The molecular formula is C16H15N5O3. The molecule has 24 heavy (non-hydrogen) atoms. The van der Waals surface area contributed by atoms with E-state index in [1.807, 2.05) is 30.3 Å². The van der Waals surface area contributed by atoms with E-state index in [0.29, 0.717) is 37.3 Å². The summed E-state index contributed by atoms with van der Waals surface area (Å²) in [6, 6.07) is 9.30. The van der Waals surface area contributed by atoms with Gasteiger partial charge in [-0.3, -0.25) is 0 Å². The predicted molar refractivity (Wildman–Crippen MR) is 86.6 cm³/mol. The van der Waals surface area contributed by atoms with Crippen molar-refractivity contribution in [2.75, 3.05) is 23.8 Å². The van der Waals surface area contributed by atoms with Crippen LogP contribution in [-0.2, 0) is 6.54 Å². The summed E-state index contributed by atoms with van der Waals surface area (Å²) in [6.07, 6.45) is 3.18. The molecule has 1 aromatic carbocycles. The second-order valence-corrected chi connectivity index (χ2v) is 5.08. The first kappa shape index (κ1) is 14.3. The first-order valence-corrected chi connectivity index (χ1v) is 7.49. The summed E-state index contributed by atoms with van der Waals surface area (Å²) in [7, 11) is 0. The molecule has 0 spiro atoms. The third kappa shape index (κ3) is 3.22. The molecule has 122 valence electrons. The summed E-state index contributed by atoms with van der Waals surface area (Å²) in [5.74, 6) is 3.23. The Morgan fingerprint density at radius 1 is 1.08 bits per heavy atom. The molecule has 2 N–H and O–H groups in total. The Morgan fingerprint density at radius 2 is 2.00 bits per heavy atom. The third-order valence-corrected chi connectivity index (χ3v) is 3.38. The average Bonchev–Trinajstić information content (AvgIpc) is 3.14. The van der Waals surface area contributed by atoms with Gasteiger partial charge in [-0.15, -0.1) is 5.10 Å². The van der Waals surface area contributed by atoms with Crippen molar-refractivity contribution in [3.63, 3.8) is 0 Å². The number of furan rings is 1. The summed E-state index contributed by atoms with van der Waals surface area (Å²) >= 11 is 0. The van der Waals surface area contributed by atoms with E-state index in [9.17, 15) is 0 Å². The number of nitrogens with one attached hydrogen (secondary N) is 2. The normalized spacial score (nSPS) is 12.7. The molecule has 0 bridgehead atoms. The van der Waals surface area contributed by atoms with Crippen LogP contribution >= 0.6 is 0 Å². The van der Waals surface area contributed by atoms with E-state index >= 15 is 0 Å². The Balaban J connectivity index is 1.45. The topological polar surface area (TPSA) is 94.3 Å². The van der Waals surface area contributed by atoms with Gasteiger partial charge in [0.15, 0.2) is 17.3 Å². The van der Waals surface area contributed by atoms with Gasteiger partial charge in [0.25, 0.3) is 0 Å². The van der Waals surface area contributed by atoms with Gasteiger partial charge in [-0.1, -0.05) is 0 Å². The lowest BCUT2D eigenvalue weighted by atomic mass is 10.2. The van der Waals surface area contributed by atoms with E-state index in [1.54, 1.807) is 12.5 Å². The maximum absolute atomic E-state index is 5.56. The quantitative estimate of drug-likeness (QED) is 0.739. The zero-order valence-electron chi connectivity index (χ0n) is 12.7. The van der Waals surface area contributed by atoms with E-state index in [4.69, 9.17) is 13.9 Å². The fraction of sp³-hybridized carbons (Fsp3) is 0.188. The Labute approximate surface area is 137 Å². The first-order chi connectivity index (χ1) is 11.9. The minimum absolute atomic E-state index is 0.385. The van der Waals surface area contributed by atoms with Crippen LogP contribution in [0, 0.1) is 0 Å². The van der Waals surface area contributed by atoms with Crippen molar-refractivity contribution < 1.29 is 13.9 Å². The third-order valence-electron chi connectivity index (χ3n) is 3.38. The molecule has 3 aromatic rings. The van der Waals surface area contributed by atoms with Crippen LogP contribution in [-0.4, -0.2) is 28.4 Å². The second kappa shape index (κ2) is 6.45. The average molecular weight is 325 g/mol. The molecule has 2 aromatic heterocycles. The van der Waals surface area contributed by atoms with Gasteiger partial charge in [-0.2, -0.15) is 10.1 Å². The number of aromatic nitrogens is 3. The van der Waals surface area contributed by atoms with Gasteiger partial charge in [0.2, 0.25) is 5.95 Å². The number of fused-ring (bicyclic) bond motifs is 1. The summed E-state index contributed by atoms with van der Waals surface area (Å²) in [4.78, 5) is 4.37. The maximum Gasteiger partial charge on any atom is 0.249 e. The molecule has 1 aliphatic heterocycles. The number of benzene rings is 1. The van der Waals surface area contributed by atoms with Gasteiger partial charge in [0.1, 0.15) is 19.0 Å². The molecule has 1 aliphatic rings. The fourth-order valence-electron chi connectivity index (χ4n) is 2.28. The van der Waals surface area contributed by atoms with Crippen molar-refractivity contribution in [2.24, 2.45) is 0 Å². The fourth-order valence-corrected chi connectivity index (χ4v) is 2.28. The van der Waals surface area contributed by atoms with Gasteiger partial charge in [-0.25, -0.2) is 0 Å². The van der Waals surface area contributed by atoms with Crippen LogP contribution in [0.25, 0.3) is 0 Å². The van der Waals surface area contributed by atoms with E-state index in [0.717, 1.165) is 17.2 Å². The number of rotatable bonds is 5.